The second kappa shape index (κ2) is 3.82. The van der Waals surface area contributed by atoms with Crippen molar-refractivity contribution in [2.45, 2.75) is 13.0 Å². The molecule has 0 amide bonds. The summed E-state index contributed by atoms with van der Waals surface area (Å²) >= 11 is 0. The van der Waals surface area contributed by atoms with Crippen LogP contribution < -0.4 is 0 Å². The van der Waals surface area contributed by atoms with Gasteiger partial charge in [-0.2, -0.15) is 0 Å². The van der Waals surface area contributed by atoms with Gasteiger partial charge in [-0.3, -0.25) is 0 Å². The average molecular weight is 203 g/mol. The van der Waals surface area contributed by atoms with E-state index in [9.17, 15) is 5.11 Å². The smallest absolute Gasteiger partial charge is 0.122 e. The van der Waals surface area contributed by atoms with Crippen LogP contribution >= 0.6 is 0 Å². The molecular weight excluding hydrogens is 190 g/mol. The topological polar surface area (TPSA) is 50.9 Å². The largest absolute Gasteiger partial charge is 0.382 e. The number of rotatable bonds is 2. The summed E-state index contributed by atoms with van der Waals surface area (Å²) in [6.07, 6.45) is 0.914. The van der Waals surface area contributed by atoms with Crippen LogP contribution in [-0.4, -0.2) is 20.1 Å². The highest BCUT2D eigenvalue weighted by atomic mass is 16.3. The Bertz CT molecular complexity index is 464. The highest BCUT2D eigenvalue weighted by Gasteiger charge is 2.14. The molecular formula is C11H13N3O. The molecule has 1 aromatic heterocycles. The molecule has 1 N–H and O–H groups in total. The Morgan fingerprint density at radius 2 is 2.20 bits per heavy atom. The molecule has 4 nitrogen and oxygen atoms in total. The fourth-order valence-corrected chi connectivity index (χ4v) is 1.56. The number of hydrogen-bond donors (Lipinski definition) is 1. The lowest BCUT2D eigenvalue weighted by Crippen LogP contribution is -2.06. The molecule has 1 aromatic carbocycles. The van der Waals surface area contributed by atoms with Crippen molar-refractivity contribution in [2.24, 2.45) is 7.05 Å². The standard InChI is InChI=1S/C11H13N3O/c1-8-4-3-5-9(6-8)11(15)10-7-12-13-14(10)2/h3-7,11,15H,1-2H3. The van der Waals surface area contributed by atoms with E-state index in [0.717, 1.165) is 11.1 Å². The van der Waals surface area contributed by atoms with Crippen LogP contribution in [0, 0.1) is 6.92 Å². The van der Waals surface area contributed by atoms with Gasteiger partial charge in [0.05, 0.1) is 11.9 Å². The summed E-state index contributed by atoms with van der Waals surface area (Å²) in [4.78, 5) is 0. The molecule has 2 aromatic rings. The number of aliphatic hydroxyl groups is 1. The number of aliphatic hydroxyl groups excluding tert-OH is 1. The first-order valence-electron chi connectivity index (χ1n) is 4.77. The summed E-state index contributed by atoms with van der Waals surface area (Å²) in [5.41, 5.74) is 2.68. The predicted octanol–water partition coefficient (Wildman–Crippen LogP) is 1.21. The van der Waals surface area contributed by atoms with Gasteiger partial charge in [-0.05, 0) is 12.5 Å². The van der Waals surface area contributed by atoms with E-state index >= 15 is 0 Å². The van der Waals surface area contributed by atoms with Crippen LogP contribution in [0.3, 0.4) is 0 Å². The zero-order valence-electron chi connectivity index (χ0n) is 8.75. The lowest BCUT2D eigenvalue weighted by atomic mass is 10.0. The van der Waals surface area contributed by atoms with Crippen molar-refractivity contribution in [3.8, 4) is 0 Å². The minimum absolute atomic E-state index is 0.662. The van der Waals surface area contributed by atoms with Gasteiger partial charge in [0.15, 0.2) is 0 Å². The molecule has 0 fully saturated rings. The Kier molecular flexibility index (Phi) is 2.51. The molecule has 4 heteroatoms. The number of aromatic nitrogens is 3. The Morgan fingerprint density at radius 3 is 2.80 bits per heavy atom. The number of benzene rings is 1. The van der Waals surface area contributed by atoms with Crippen molar-refractivity contribution < 1.29 is 5.11 Å². The van der Waals surface area contributed by atoms with E-state index < -0.39 is 6.10 Å². The Balaban J connectivity index is 2.36. The minimum Gasteiger partial charge on any atom is -0.382 e. The van der Waals surface area contributed by atoms with Crippen LogP contribution in [-0.2, 0) is 7.05 Å². The summed E-state index contributed by atoms with van der Waals surface area (Å²) in [5, 5.41) is 17.6. The molecule has 78 valence electrons. The van der Waals surface area contributed by atoms with E-state index in [0.29, 0.717) is 5.69 Å². The first-order valence-corrected chi connectivity index (χ1v) is 4.77. The molecule has 0 bridgehead atoms. The molecule has 0 aliphatic carbocycles. The fraction of sp³-hybridized carbons (Fsp3) is 0.273. The average Bonchev–Trinajstić information content (AvgIpc) is 2.63. The van der Waals surface area contributed by atoms with Gasteiger partial charge in [0.2, 0.25) is 0 Å². The van der Waals surface area contributed by atoms with Crippen molar-refractivity contribution in [3.63, 3.8) is 0 Å². The van der Waals surface area contributed by atoms with Crippen LogP contribution in [0.2, 0.25) is 0 Å². The van der Waals surface area contributed by atoms with Crippen molar-refractivity contribution in [1.82, 2.24) is 15.0 Å². The molecule has 2 rings (SSSR count). The van der Waals surface area contributed by atoms with E-state index in [1.807, 2.05) is 31.2 Å². The third-order valence-corrected chi connectivity index (χ3v) is 2.39. The van der Waals surface area contributed by atoms with E-state index in [1.54, 1.807) is 17.9 Å². The SMILES string of the molecule is Cc1cccc(C(O)c2cnnn2C)c1. The van der Waals surface area contributed by atoms with Crippen molar-refractivity contribution >= 4 is 0 Å². The van der Waals surface area contributed by atoms with Crippen LogP contribution in [0.25, 0.3) is 0 Å². The second-order valence-corrected chi connectivity index (χ2v) is 3.60. The van der Waals surface area contributed by atoms with E-state index in [1.165, 1.54) is 0 Å². The van der Waals surface area contributed by atoms with Crippen molar-refractivity contribution in [1.29, 1.82) is 0 Å². The summed E-state index contributed by atoms with van der Waals surface area (Å²) in [7, 11) is 1.77. The molecule has 1 unspecified atom stereocenters. The summed E-state index contributed by atoms with van der Waals surface area (Å²) in [6, 6.07) is 7.78. The molecule has 0 radical (unpaired) electrons. The normalized spacial score (nSPS) is 12.7. The number of nitrogens with zero attached hydrogens (tertiary/aromatic N) is 3. The zero-order chi connectivity index (χ0) is 10.8. The molecule has 0 saturated heterocycles. The zero-order valence-corrected chi connectivity index (χ0v) is 8.75. The quantitative estimate of drug-likeness (QED) is 0.798. The van der Waals surface area contributed by atoms with Gasteiger partial charge in [0.1, 0.15) is 6.10 Å². The molecule has 0 aliphatic heterocycles. The van der Waals surface area contributed by atoms with Crippen LogP contribution in [0.5, 0.6) is 0 Å². The van der Waals surface area contributed by atoms with Crippen LogP contribution in [0.1, 0.15) is 22.9 Å². The summed E-state index contributed by atoms with van der Waals surface area (Å²) < 4.78 is 1.58. The second-order valence-electron chi connectivity index (χ2n) is 3.60. The summed E-state index contributed by atoms with van der Waals surface area (Å²) in [5.74, 6) is 0. The number of hydrogen-bond acceptors (Lipinski definition) is 3. The third kappa shape index (κ3) is 1.89. The maximum Gasteiger partial charge on any atom is 0.122 e. The Hall–Kier alpha value is -1.68. The highest BCUT2D eigenvalue weighted by Crippen LogP contribution is 2.20. The molecule has 15 heavy (non-hydrogen) atoms. The molecule has 1 atom stereocenters. The van der Waals surface area contributed by atoms with Crippen LogP contribution in [0.4, 0.5) is 0 Å². The molecule has 0 aliphatic rings. The van der Waals surface area contributed by atoms with E-state index in [4.69, 9.17) is 0 Å². The van der Waals surface area contributed by atoms with Crippen molar-refractivity contribution in [3.05, 3.63) is 47.3 Å². The molecule has 0 spiro atoms. The maximum absolute atomic E-state index is 10.1. The van der Waals surface area contributed by atoms with Gasteiger partial charge in [-0.15, -0.1) is 5.10 Å². The van der Waals surface area contributed by atoms with Crippen molar-refractivity contribution in [2.75, 3.05) is 0 Å². The van der Waals surface area contributed by atoms with Gasteiger partial charge < -0.3 is 5.11 Å². The maximum atomic E-state index is 10.1. The minimum atomic E-state index is -0.662. The molecule has 1 heterocycles. The van der Waals surface area contributed by atoms with E-state index in [-0.39, 0.29) is 0 Å². The Morgan fingerprint density at radius 1 is 1.40 bits per heavy atom. The van der Waals surface area contributed by atoms with Gasteiger partial charge in [-0.25, -0.2) is 4.68 Å². The molecule has 0 saturated carbocycles. The highest BCUT2D eigenvalue weighted by molar-refractivity contribution is 5.28. The third-order valence-electron chi connectivity index (χ3n) is 2.39. The first kappa shape index (κ1) is 9.86. The van der Waals surface area contributed by atoms with Gasteiger partial charge in [0, 0.05) is 7.05 Å². The van der Waals surface area contributed by atoms with Gasteiger partial charge in [0.25, 0.3) is 0 Å². The lowest BCUT2D eigenvalue weighted by Gasteiger charge is -2.10. The predicted molar refractivity (Wildman–Crippen MR) is 56.2 cm³/mol. The first-order chi connectivity index (χ1) is 7.18. The monoisotopic (exact) mass is 203 g/mol. The Labute approximate surface area is 88.2 Å². The van der Waals surface area contributed by atoms with Gasteiger partial charge >= 0.3 is 0 Å². The summed E-state index contributed by atoms with van der Waals surface area (Å²) in [6.45, 7) is 2.00. The van der Waals surface area contributed by atoms with Gasteiger partial charge in [-0.1, -0.05) is 35.0 Å². The van der Waals surface area contributed by atoms with E-state index in [2.05, 4.69) is 10.3 Å². The lowest BCUT2D eigenvalue weighted by molar-refractivity contribution is 0.209. The number of aryl methyl sites for hydroxylation is 2. The van der Waals surface area contributed by atoms with Crippen LogP contribution in [0.15, 0.2) is 30.5 Å². The fourth-order valence-electron chi connectivity index (χ4n) is 1.56.